The number of aromatic nitrogens is 2. The summed E-state index contributed by atoms with van der Waals surface area (Å²) in [7, 11) is 0. The Labute approximate surface area is 117 Å². The maximum Gasteiger partial charge on any atom is 0.157 e. The smallest absolute Gasteiger partial charge is 0.157 e. The van der Waals surface area contributed by atoms with Crippen LogP contribution in [0.4, 0.5) is 0 Å². The van der Waals surface area contributed by atoms with Crippen LogP contribution >= 0.6 is 38.6 Å². The Kier molecular flexibility index (Phi) is 4.30. The number of thiophene rings is 1. The molecule has 92 valence electrons. The van der Waals surface area contributed by atoms with Gasteiger partial charge in [-0.2, -0.15) is 0 Å². The van der Waals surface area contributed by atoms with Crippen LogP contribution in [0.15, 0.2) is 9.85 Å². The molecule has 17 heavy (non-hydrogen) atoms. The molecule has 1 unspecified atom stereocenters. The molecule has 2 heterocycles. The van der Waals surface area contributed by atoms with E-state index in [0.29, 0.717) is 0 Å². The van der Waals surface area contributed by atoms with Gasteiger partial charge in [0, 0.05) is 0 Å². The molecular formula is C11H14BrN3S2. The second-order valence-electron chi connectivity index (χ2n) is 3.79. The van der Waals surface area contributed by atoms with Crippen molar-refractivity contribution in [3.8, 4) is 9.88 Å². The minimum Gasteiger partial charge on any atom is -0.308 e. The predicted octanol–water partition coefficient (Wildman–Crippen LogP) is 4.01. The first kappa shape index (κ1) is 13.1. The van der Waals surface area contributed by atoms with Gasteiger partial charge in [0.05, 0.1) is 14.7 Å². The molecule has 0 aliphatic heterocycles. The van der Waals surface area contributed by atoms with Crippen LogP contribution in [0.3, 0.4) is 0 Å². The molecule has 0 fully saturated rings. The zero-order valence-corrected chi connectivity index (χ0v) is 13.2. The van der Waals surface area contributed by atoms with Crippen molar-refractivity contribution >= 4 is 38.6 Å². The number of rotatable bonds is 4. The molecule has 0 saturated carbocycles. The molecule has 1 atom stereocenters. The maximum atomic E-state index is 4.26. The number of nitrogens with zero attached hydrogens (tertiary/aromatic N) is 2. The van der Waals surface area contributed by atoms with Crippen LogP contribution in [0.1, 0.15) is 30.5 Å². The summed E-state index contributed by atoms with van der Waals surface area (Å²) in [5, 5.41) is 13.9. The monoisotopic (exact) mass is 331 g/mol. The molecule has 6 heteroatoms. The van der Waals surface area contributed by atoms with Crippen molar-refractivity contribution in [3.63, 3.8) is 0 Å². The van der Waals surface area contributed by atoms with Gasteiger partial charge in [-0.15, -0.1) is 21.5 Å². The van der Waals surface area contributed by atoms with E-state index in [9.17, 15) is 0 Å². The minimum absolute atomic E-state index is 0.274. The average Bonchev–Trinajstić information content (AvgIpc) is 2.87. The molecule has 2 aromatic rings. The topological polar surface area (TPSA) is 37.8 Å². The van der Waals surface area contributed by atoms with Crippen molar-refractivity contribution in [1.82, 2.24) is 15.5 Å². The summed E-state index contributed by atoms with van der Waals surface area (Å²) in [5.41, 5.74) is 1.25. The zero-order chi connectivity index (χ0) is 12.4. The average molecular weight is 332 g/mol. The molecule has 1 N–H and O–H groups in total. The van der Waals surface area contributed by atoms with E-state index in [1.54, 1.807) is 22.7 Å². The van der Waals surface area contributed by atoms with Gasteiger partial charge in [-0.1, -0.05) is 18.3 Å². The number of halogens is 1. The predicted molar refractivity (Wildman–Crippen MR) is 77.8 cm³/mol. The van der Waals surface area contributed by atoms with Gasteiger partial charge in [-0.25, -0.2) is 0 Å². The highest BCUT2D eigenvalue weighted by molar-refractivity contribution is 9.11. The number of hydrogen-bond acceptors (Lipinski definition) is 5. The summed E-state index contributed by atoms with van der Waals surface area (Å²) in [4.78, 5) is 1.18. The van der Waals surface area contributed by atoms with E-state index in [-0.39, 0.29) is 6.04 Å². The molecule has 0 bridgehead atoms. The molecule has 0 amide bonds. The van der Waals surface area contributed by atoms with E-state index in [0.717, 1.165) is 16.6 Å². The fourth-order valence-corrected chi connectivity index (χ4v) is 3.91. The SMILES string of the molecule is CCNC(C)c1nnc(-c2cc(C)c(Br)s2)s1. The third-order valence-corrected chi connectivity index (χ3v) is 5.80. The molecule has 0 aliphatic rings. The zero-order valence-electron chi connectivity index (χ0n) is 9.95. The molecule has 0 aliphatic carbocycles. The number of nitrogens with one attached hydrogen (secondary N) is 1. The Morgan fingerprint density at radius 3 is 2.76 bits per heavy atom. The molecule has 0 aromatic carbocycles. The van der Waals surface area contributed by atoms with Gasteiger partial charge in [0.25, 0.3) is 0 Å². The van der Waals surface area contributed by atoms with Crippen molar-refractivity contribution in [2.24, 2.45) is 0 Å². The Bertz CT molecular complexity index is 487. The Morgan fingerprint density at radius 2 is 2.18 bits per heavy atom. The summed E-state index contributed by atoms with van der Waals surface area (Å²) >= 11 is 6.91. The molecule has 0 spiro atoms. The Balaban J connectivity index is 2.23. The number of aryl methyl sites for hydroxylation is 1. The number of hydrogen-bond donors (Lipinski definition) is 1. The molecule has 2 aromatic heterocycles. The normalized spacial score (nSPS) is 12.9. The fourth-order valence-electron chi connectivity index (χ4n) is 1.47. The summed E-state index contributed by atoms with van der Waals surface area (Å²) in [6.45, 7) is 7.24. The van der Waals surface area contributed by atoms with Crippen LogP contribution in [0.25, 0.3) is 9.88 Å². The summed E-state index contributed by atoms with van der Waals surface area (Å²) in [6.07, 6.45) is 0. The van der Waals surface area contributed by atoms with Gasteiger partial charge in [-0.3, -0.25) is 0 Å². The first-order chi connectivity index (χ1) is 8.11. The van der Waals surface area contributed by atoms with Crippen LogP contribution in [0.5, 0.6) is 0 Å². The highest BCUT2D eigenvalue weighted by Crippen LogP contribution is 2.36. The van der Waals surface area contributed by atoms with Crippen molar-refractivity contribution < 1.29 is 0 Å². The van der Waals surface area contributed by atoms with Gasteiger partial charge in [0.2, 0.25) is 0 Å². The molecule has 3 nitrogen and oxygen atoms in total. The van der Waals surface area contributed by atoms with Gasteiger partial charge < -0.3 is 5.32 Å². The van der Waals surface area contributed by atoms with Gasteiger partial charge in [0.15, 0.2) is 5.01 Å². The largest absolute Gasteiger partial charge is 0.308 e. The highest BCUT2D eigenvalue weighted by Gasteiger charge is 2.14. The second-order valence-corrected chi connectivity index (χ2v) is 7.17. The molecule has 0 radical (unpaired) electrons. The summed E-state index contributed by atoms with van der Waals surface area (Å²) < 4.78 is 1.17. The highest BCUT2D eigenvalue weighted by atomic mass is 79.9. The third-order valence-electron chi connectivity index (χ3n) is 2.39. The lowest BCUT2D eigenvalue weighted by Crippen LogP contribution is -2.17. The Morgan fingerprint density at radius 1 is 1.41 bits per heavy atom. The molecule has 2 rings (SSSR count). The maximum absolute atomic E-state index is 4.26. The van der Waals surface area contributed by atoms with E-state index in [1.807, 2.05) is 0 Å². The van der Waals surface area contributed by atoms with Crippen LogP contribution in [-0.4, -0.2) is 16.7 Å². The first-order valence-electron chi connectivity index (χ1n) is 5.45. The lowest BCUT2D eigenvalue weighted by molar-refractivity contribution is 0.590. The molecule has 0 saturated heterocycles. The van der Waals surface area contributed by atoms with Crippen LogP contribution < -0.4 is 5.32 Å². The van der Waals surface area contributed by atoms with Gasteiger partial charge in [0.1, 0.15) is 5.01 Å². The van der Waals surface area contributed by atoms with E-state index in [2.05, 4.69) is 58.3 Å². The Hall–Kier alpha value is -0.300. The van der Waals surface area contributed by atoms with E-state index < -0.39 is 0 Å². The lowest BCUT2D eigenvalue weighted by Gasteiger charge is -2.06. The van der Waals surface area contributed by atoms with Crippen molar-refractivity contribution in [1.29, 1.82) is 0 Å². The molecular weight excluding hydrogens is 318 g/mol. The van der Waals surface area contributed by atoms with Crippen LogP contribution in [0.2, 0.25) is 0 Å². The van der Waals surface area contributed by atoms with Gasteiger partial charge in [-0.05, 0) is 48.0 Å². The quantitative estimate of drug-likeness (QED) is 0.919. The summed E-state index contributed by atoms with van der Waals surface area (Å²) in [5.74, 6) is 0. The lowest BCUT2D eigenvalue weighted by atomic mass is 10.3. The standard InChI is InChI=1S/C11H14BrN3S2/c1-4-13-7(3)10-14-15-11(17-10)8-5-6(2)9(12)16-8/h5,7,13H,4H2,1-3H3. The van der Waals surface area contributed by atoms with Crippen molar-refractivity contribution in [2.75, 3.05) is 6.54 Å². The first-order valence-corrected chi connectivity index (χ1v) is 7.87. The van der Waals surface area contributed by atoms with E-state index >= 15 is 0 Å². The van der Waals surface area contributed by atoms with E-state index in [1.165, 1.54) is 14.2 Å². The second kappa shape index (κ2) is 5.56. The fraction of sp³-hybridized carbons (Fsp3) is 0.455. The third kappa shape index (κ3) is 2.93. The van der Waals surface area contributed by atoms with E-state index in [4.69, 9.17) is 0 Å². The van der Waals surface area contributed by atoms with Crippen molar-refractivity contribution in [3.05, 3.63) is 20.4 Å². The summed E-state index contributed by atoms with van der Waals surface area (Å²) in [6, 6.07) is 2.42. The minimum atomic E-state index is 0.274. The van der Waals surface area contributed by atoms with Crippen LogP contribution in [-0.2, 0) is 0 Å². The van der Waals surface area contributed by atoms with Gasteiger partial charge >= 0.3 is 0 Å². The van der Waals surface area contributed by atoms with Crippen molar-refractivity contribution in [2.45, 2.75) is 26.8 Å². The van der Waals surface area contributed by atoms with Crippen LogP contribution in [0, 0.1) is 6.92 Å².